The smallest absolute Gasteiger partial charge is 0.227 e. The van der Waals surface area contributed by atoms with Crippen LogP contribution in [0.15, 0.2) is 16.8 Å². The van der Waals surface area contributed by atoms with Gasteiger partial charge in [0.05, 0.1) is 6.42 Å². The van der Waals surface area contributed by atoms with Crippen LogP contribution in [-0.4, -0.2) is 37.0 Å². The molecule has 1 N–H and O–H groups in total. The van der Waals surface area contributed by atoms with Crippen LogP contribution < -0.4 is 5.32 Å². The van der Waals surface area contributed by atoms with Gasteiger partial charge in [0.15, 0.2) is 0 Å². The Morgan fingerprint density at radius 2 is 2.06 bits per heavy atom. The van der Waals surface area contributed by atoms with E-state index in [1.807, 2.05) is 5.38 Å². The first-order valence-corrected chi connectivity index (χ1v) is 7.77. The molecule has 0 unspecified atom stereocenters. The molecule has 4 heteroatoms. The predicted molar refractivity (Wildman–Crippen MR) is 73.7 cm³/mol. The zero-order valence-electron chi connectivity index (χ0n) is 10.6. The summed E-state index contributed by atoms with van der Waals surface area (Å²) in [5.74, 6) is 1.90. The molecular formula is C14H20N2OS. The van der Waals surface area contributed by atoms with Crippen LogP contribution in [0.1, 0.15) is 18.4 Å². The van der Waals surface area contributed by atoms with Crippen LogP contribution in [0, 0.1) is 11.8 Å². The monoisotopic (exact) mass is 264 g/mol. The number of carbonyl (C=O) groups excluding carboxylic acids is 1. The lowest BCUT2D eigenvalue weighted by molar-refractivity contribution is -0.130. The van der Waals surface area contributed by atoms with Gasteiger partial charge in [-0.25, -0.2) is 0 Å². The van der Waals surface area contributed by atoms with Crippen molar-refractivity contribution < 1.29 is 4.79 Å². The highest BCUT2D eigenvalue weighted by Gasteiger charge is 2.31. The molecule has 0 saturated carbocycles. The molecule has 2 aliphatic heterocycles. The standard InChI is InChI=1S/C14H20N2OS/c17-14(7-11-3-6-18-10-11)16-4-1-12-8-15-9-13(12)2-5-16/h3,6,10,12-13,15H,1-2,4-5,7-9H2/t12-,13+. The maximum atomic E-state index is 12.3. The molecule has 98 valence electrons. The third-order valence-electron chi connectivity index (χ3n) is 4.31. The summed E-state index contributed by atoms with van der Waals surface area (Å²) in [7, 11) is 0. The molecule has 0 radical (unpaired) electrons. The molecular weight excluding hydrogens is 244 g/mol. The van der Waals surface area contributed by atoms with E-state index in [0.29, 0.717) is 12.3 Å². The van der Waals surface area contributed by atoms with Crippen molar-refractivity contribution in [2.45, 2.75) is 19.3 Å². The second kappa shape index (κ2) is 5.41. The summed E-state index contributed by atoms with van der Waals surface area (Å²) >= 11 is 1.67. The Balaban J connectivity index is 1.58. The first-order valence-electron chi connectivity index (χ1n) is 6.82. The van der Waals surface area contributed by atoms with E-state index in [2.05, 4.69) is 21.7 Å². The van der Waals surface area contributed by atoms with Crippen LogP contribution in [0.2, 0.25) is 0 Å². The number of thiophene rings is 1. The van der Waals surface area contributed by atoms with Crippen LogP contribution in [0.25, 0.3) is 0 Å². The topological polar surface area (TPSA) is 32.3 Å². The SMILES string of the molecule is O=C(Cc1ccsc1)N1CC[C@@H]2CNC[C@@H]2CC1. The molecule has 1 amide bonds. The number of fused-ring (bicyclic) bond motifs is 1. The number of carbonyl (C=O) groups is 1. The molecule has 2 fully saturated rings. The fraction of sp³-hybridized carbons (Fsp3) is 0.643. The molecule has 1 aromatic rings. The highest BCUT2D eigenvalue weighted by molar-refractivity contribution is 7.07. The fourth-order valence-corrected chi connectivity index (χ4v) is 3.82. The summed E-state index contributed by atoms with van der Waals surface area (Å²) in [5.41, 5.74) is 1.16. The third kappa shape index (κ3) is 2.59. The third-order valence-corrected chi connectivity index (χ3v) is 5.04. The zero-order chi connectivity index (χ0) is 12.4. The van der Waals surface area contributed by atoms with Gasteiger partial charge in [0.1, 0.15) is 0 Å². The molecule has 2 aliphatic rings. The number of rotatable bonds is 2. The molecule has 1 aromatic heterocycles. The summed E-state index contributed by atoms with van der Waals surface area (Å²) in [4.78, 5) is 14.3. The van der Waals surface area contributed by atoms with Gasteiger partial charge >= 0.3 is 0 Å². The quantitative estimate of drug-likeness (QED) is 0.882. The Labute approximate surface area is 112 Å². The van der Waals surface area contributed by atoms with E-state index in [9.17, 15) is 4.79 Å². The summed E-state index contributed by atoms with van der Waals surface area (Å²) in [6.45, 7) is 4.20. The van der Waals surface area contributed by atoms with Crippen molar-refractivity contribution in [3.8, 4) is 0 Å². The van der Waals surface area contributed by atoms with E-state index in [1.165, 1.54) is 12.8 Å². The zero-order valence-corrected chi connectivity index (χ0v) is 11.4. The van der Waals surface area contributed by atoms with E-state index in [0.717, 1.165) is 43.6 Å². The number of hydrogen-bond donors (Lipinski definition) is 1. The Morgan fingerprint density at radius 3 is 2.67 bits per heavy atom. The highest BCUT2D eigenvalue weighted by Crippen LogP contribution is 2.27. The largest absolute Gasteiger partial charge is 0.342 e. The van der Waals surface area contributed by atoms with E-state index in [4.69, 9.17) is 0 Å². The van der Waals surface area contributed by atoms with Crippen LogP contribution >= 0.6 is 11.3 Å². The van der Waals surface area contributed by atoms with Gasteiger partial charge in [0, 0.05) is 13.1 Å². The van der Waals surface area contributed by atoms with Gasteiger partial charge in [0.25, 0.3) is 0 Å². The van der Waals surface area contributed by atoms with E-state index >= 15 is 0 Å². The van der Waals surface area contributed by atoms with Gasteiger partial charge in [-0.1, -0.05) is 0 Å². The van der Waals surface area contributed by atoms with Crippen molar-refractivity contribution >= 4 is 17.2 Å². The van der Waals surface area contributed by atoms with Crippen LogP contribution in [0.3, 0.4) is 0 Å². The number of amides is 1. The Bertz CT molecular complexity index is 390. The Kier molecular flexibility index (Phi) is 3.66. The lowest BCUT2D eigenvalue weighted by Gasteiger charge is -2.20. The lowest BCUT2D eigenvalue weighted by Crippen LogP contribution is -2.33. The fourth-order valence-electron chi connectivity index (χ4n) is 3.15. The molecule has 18 heavy (non-hydrogen) atoms. The van der Waals surface area contributed by atoms with Gasteiger partial charge in [0.2, 0.25) is 5.91 Å². The molecule has 3 heterocycles. The second-order valence-corrected chi connectivity index (χ2v) is 6.22. The molecule has 0 aromatic carbocycles. The molecule has 0 aliphatic carbocycles. The summed E-state index contributed by atoms with van der Waals surface area (Å²) in [6, 6.07) is 2.05. The molecule has 3 nitrogen and oxygen atoms in total. The average molecular weight is 264 g/mol. The van der Waals surface area contributed by atoms with E-state index in [-0.39, 0.29) is 0 Å². The van der Waals surface area contributed by atoms with Crippen molar-refractivity contribution in [3.05, 3.63) is 22.4 Å². The minimum absolute atomic E-state index is 0.307. The Morgan fingerprint density at radius 1 is 1.33 bits per heavy atom. The van der Waals surface area contributed by atoms with Crippen molar-refractivity contribution in [2.24, 2.45) is 11.8 Å². The second-order valence-electron chi connectivity index (χ2n) is 5.44. The predicted octanol–water partition coefficient (Wildman–Crippen LogP) is 1.75. The molecule has 2 atom stereocenters. The summed E-state index contributed by atoms with van der Waals surface area (Å²) in [6.07, 6.45) is 2.93. The molecule has 3 rings (SSSR count). The van der Waals surface area contributed by atoms with Crippen molar-refractivity contribution in [1.29, 1.82) is 0 Å². The van der Waals surface area contributed by atoms with Gasteiger partial charge in [-0.15, -0.1) is 0 Å². The minimum atomic E-state index is 0.307. The van der Waals surface area contributed by atoms with Crippen LogP contribution in [-0.2, 0) is 11.2 Å². The lowest BCUT2D eigenvalue weighted by atomic mass is 9.92. The number of nitrogens with one attached hydrogen (secondary N) is 1. The Hall–Kier alpha value is -0.870. The first kappa shape index (κ1) is 12.2. The maximum Gasteiger partial charge on any atom is 0.227 e. The van der Waals surface area contributed by atoms with Crippen LogP contribution in [0.5, 0.6) is 0 Å². The number of nitrogens with zero attached hydrogens (tertiary/aromatic N) is 1. The first-order chi connectivity index (χ1) is 8.83. The van der Waals surface area contributed by atoms with Crippen molar-refractivity contribution in [3.63, 3.8) is 0 Å². The summed E-state index contributed by atoms with van der Waals surface area (Å²) in [5, 5.41) is 7.59. The van der Waals surface area contributed by atoms with Crippen LogP contribution in [0.4, 0.5) is 0 Å². The van der Waals surface area contributed by atoms with Gasteiger partial charge < -0.3 is 10.2 Å². The van der Waals surface area contributed by atoms with Crippen molar-refractivity contribution in [2.75, 3.05) is 26.2 Å². The van der Waals surface area contributed by atoms with Gasteiger partial charge in [-0.2, -0.15) is 11.3 Å². The summed E-state index contributed by atoms with van der Waals surface area (Å²) < 4.78 is 0. The number of hydrogen-bond acceptors (Lipinski definition) is 3. The average Bonchev–Trinajstić information content (AvgIpc) is 2.98. The molecule has 2 saturated heterocycles. The van der Waals surface area contributed by atoms with E-state index in [1.54, 1.807) is 11.3 Å². The molecule has 0 bridgehead atoms. The minimum Gasteiger partial charge on any atom is -0.342 e. The van der Waals surface area contributed by atoms with Gasteiger partial charge in [-0.3, -0.25) is 4.79 Å². The maximum absolute atomic E-state index is 12.3. The van der Waals surface area contributed by atoms with Gasteiger partial charge in [-0.05, 0) is 60.2 Å². The molecule has 0 spiro atoms. The highest BCUT2D eigenvalue weighted by atomic mass is 32.1. The van der Waals surface area contributed by atoms with Crippen molar-refractivity contribution in [1.82, 2.24) is 10.2 Å². The normalized spacial score (nSPS) is 27.9. The number of likely N-dealkylation sites (tertiary alicyclic amines) is 1. The van der Waals surface area contributed by atoms with E-state index < -0.39 is 0 Å².